The molecular weight excluding hydrogens is 358 g/mol. The van der Waals surface area contributed by atoms with E-state index in [1.807, 2.05) is 6.07 Å². The van der Waals surface area contributed by atoms with Crippen molar-refractivity contribution in [3.05, 3.63) is 90.9 Å². The molecule has 4 N–H and O–H groups in total. The summed E-state index contributed by atoms with van der Waals surface area (Å²) in [7, 11) is 0. The molecule has 0 aliphatic heterocycles. The van der Waals surface area contributed by atoms with E-state index in [9.17, 15) is 14.9 Å². The van der Waals surface area contributed by atoms with Crippen molar-refractivity contribution in [2.24, 2.45) is 0 Å². The van der Waals surface area contributed by atoms with Crippen molar-refractivity contribution in [3.8, 4) is 17.4 Å². The summed E-state index contributed by atoms with van der Waals surface area (Å²) in [6.07, 6.45) is 0. The topological polar surface area (TPSA) is 134 Å². The van der Waals surface area contributed by atoms with Gasteiger partial charge in [0.05, 0.1) is 28.7 Å². The summed E-state index contributed by atoms with van der Waals surface area (Å²) in [4.78, 5) is 24.9. The van der Waals surface area contributed by atoms with Gasteiger partial charge < -0.3 is 14.6 Å². The molecule has 0 amide bonds. The van der Waals surface area contributed by atoms with Crippen LogP contribution in [0.5, 0.6) is 0 Å². The summed E-state index contributed by atoms with van der Waals surface area (Å²) in [6, 6.07) is 12.7. The maximum atomic E-state index is 12.5. The van der Waals surface area contributed by atoms with Crippen LogP contribution >= 0.6 is 0 Å². The fourth-order valence-corrected chi connectivity index (χ4v) is 3.48. The van der Waals surface area contributed by atoms with Gasteiger partial charge in [0.25, 0.3) is 11.1 Å². The second-order valence-electron chi connectivity index (χ2n) is 6.53. The first kappa shape index (κ1) is 17.4. The monoisotopic (exact) mass is 375 g/mol. The van der Waals surface area contributed by atoms with Gasteiger partial charge in [-0.1, -0.05) is 12.1 Å². The van der Waals surface area contributed by atoms with Crippen LogP contribution in [0.15, 0.2) is 50.4 Å². The highest BCUT2D eigenvalue weighted by Crippen LogP contribution is 2.35. The van der Waals surface area contributed by atoms with E-state index in [-0.39, 0.29) is 11.1 Å². The van der Waals surface area contributed by atoms with Gasteiger partial charge in [0.15, 0.2) is 0 Å². The second kappa shape index (κ2) is 6.63. The highest BCUT2D eigenvalue weighted by Gasteiger charge is 2.30. The van der Waals surface area contributed by atoms with Crippen molar-refractivity contribution < 1.29 is 4.42 Å². The molecular formula is C20H17N5O3. The molecule has 0 fully saturated rings. The molecule has 3 heterocycles. The molecule has 28 heavy (non-hydrogen) atoms. The van der Waals surface area contributed by atoms with E-state index in [4.69, 9.17) is 4.42 Å². The first-order valence-corrected chi connectivity index (χ1v) is 8.64. The largest absolute Gasteiger partial charge is 0.460 e. The summed E-state index contributed by atoms with van der Waals surface area (Å²) in [5.41, 5.74) is 2.53. The van der Waals surface area contributed by atoms with Crippen LogP contribution in [0, 0.1) is 25.2 Å². The number of aromatic nitrogens is 4. The molecule has 0 spiro atoms. The van der Waals surface area contributed by atoms with Crippen LogP contribution in [0.25, 0.3) is 11.3 Å². The lowest BCUT2D eigenvalue weighted by molar-refractivity contribution is 0.513. The average molecular weight is 375 g/mol. The van der Waals surface area contributed by atoms with Crippen LogP contribution < -0.4 is 11.1 Å². The van der Waals surface area contributed by atoms with Crippen LogP contribution in [0.2, 0.25) is 0 Å². The number of furan rings is 1. The molecule has 4 rings (SSSR count). The number of nitriles is 1. The van der Waals surface area contributed by atoms with Gasteiger partial charge in [-0.3, -0.25) is 19.8 Å². The van der Waals surface area contributed by atoms with Crippen LogP contribution in [0.4, 0.5) is 0 Å². The maximum Gasteiger partial charge on any atom is 0.268 e. The molecule has 0 atom stereocenters. The van der Waals surface area contributed by atoms with E-state index in [0.29, 0.717) is 45.2 Å². The Bertz CT molecular complexity index is 1250. The van der Waals surface area contributed by atoms with E-state index >= 15 is 0 Å². The Balaban J connectivity index is 1.93. The molecule has 4 aromatic rings. The lowest BCUT2D eigenvalue weighted by Crippen LogP contribution is -2.19. The molecule has 8 nitrogen and oxygen atoms in total. The lowest BCUT2D eigenvalue weighted by atomic mass is 9.89. The van der Waals surface area contributed by atoms with Crippen molar-refractivity contribution in [1.29, 1.82) is 5.26 Å². The van der Waals surface area contributed by atoms with Gasteiger partial charge in [-0.2, -0.15) is 5.26 Å². The van der Waals surface area contributed by atoms with E-state index < -0.39 is 5.92 Å². The zero-order chi connectivity index (χ0) is 19.8. The zero-order valence-corrected chi connectivity index (χ0v) is 15.2. The molecule has 0 saturated carbocycles. The lowest BCUT2D eigenvalue weighted by Gasteiger charge is -2.12. The minimum absolute atomic E-state index is 0.321. The van der Waals surface area contributed by atoms with Gasteiger partial charge in [0.1, 0.15) is 11.5 Å². The average Bonchev–Trinajstić information content (AvgIpc) is 3.39. The van der Waals surface area contributed by atoms with Gasteiger partial charge in [-0.15, -0.1) is 0 Å². The maximum absolute atomic E-state index is 12.5. The predicted octanol–water partition coefficient (Wildman–Crippen LogP) is 2.65. The second-order valence-corrected chi connectivity index (χ2v) is 6.53. The molecule has 3 aromatic heterocycles. The van der Waals surface area contributed by atoms with E-state index in [2.05, 4.69) is 26.5 Å². The highest BCUT2D eigenvalue weighted by molar-refractivity contribution is 5.66. The number of rotatable bonds is 4. The molecule has 0 unspecified atom stereocenters. The third kappa shape index (κ3) is 2.70. The van der Waals surface area contributed by atoms with E-state index in [1.54, 1.807) is 44.2 Å². The van der Waals surface area contributed by atoms with Gasteiger partial charge >= 0.3 is 0 Å². The smallest absolute Gasteiger partial charge is 0.268 e. The van der Waals surface area contributed by atoms with Crippen molar-refractivity contribution in [2.75, 3.05) is 0 Å². The molecule has 0 aliphatic carbocycles. The quantitative estimate of drug-likeness (QED) is 0.436. The van der Waals surface area contributed by atoms with Crippen LogP contribution in [0.3, 0.4) is 0 Å². The number of hydrogen-bond acceptors (Lipinski definition) is 4. The summed E-state index contributed by atoms with van der Waals surface area (Å²) >= 11 is 0. The van der Waals surface area contributed by atoms with Crippen molar-refractivity contribution in [1.82, 2.24) is 20.4 Å². The normalized spacial score (nSPS) is 11.1. The van der Waals surface area contributed by atoms with Crippen molar-refractivity contribution >= 4 is 0 Å². The standard InChI is InChI=1S/C20H17N5O3/c1-10-16(19(26)24-22-10)18(17-11(2)23-25-20(17)27)15-8-7-14(28-15)13-6-4-3-5-12(13)9-21/h3-8,18H,1-2H3,(H2,22,24,26)(H2,23,25,27). The Morgan fingerprint density at radius 3 is 2.04 bits per heavy atom. The molecule has 0 radical (unpaired) electrons. The van der Waals surface area contributed by atoms with Gasteiger partial charge in [0.2, 0.25) is 0 Å². The Hall–Kier alpha value is -3.99. The molecule has 0 aliphatic rings. The van der Waals surface area contributed by atoms with E-state index in [0.717, 1.165) is 0 Å². The molecule has 140 valence electrons. The Labute approximate surface area is 158 Å². The first-order chi connectivity index (χ1) is 13.5. The Morgan fingerprint density at radius 2 is 1.50 bits per heavy atom. The van der Waals surface area contributed by atoms with Gasteiger partial charge in [0, 0.05) is 17.0 Å². The summed E-state index contributed by atoms with van der Waals surface area (Å²) < 4.78 is 6.06. The number of nitrogens with zero attached hydrogens (tertiary/aromatic N) is 1. The fourth-order valence-electron chi connectivity index (χ4n) is 3.48. The molecule has 8 heteroatoms. The van der Waals surface area contributed by atoms with Crippen LogP contribution in [0.1, 0.15) is 39.8 Å². The summed E-state index contributed by atoms with van der Waals surface area (Å²) in [5.74, 6) is 0.225. The highest BCUT2D eigenvalue weighted by atomic mass is 16.3. The van der Waals surface area contributed by atoms with E-state index in [1.165, 1.54) is 0 Å². The minimum atomic E-state index is -0.701. The molecule has 1 aromatic carbocycles. The van der Waals surface area contributed by atoms with Crippen LogP contribution in [-0.2, 0) is 0 Å². The number of benzene rings is 1. The number of aromatic amines is 4. The number of hydrogen-bond donors (Lipinski definition) is 4. The van der Waals surface area contributed by atoms with Crippen molar-refractivity contribution in [3.63, 3.8) is 0 Å². The van der Waals surface area contributed by atoms with Crippen LogP contribution in [-0.4, -0.2) is 20.4 Å². The molecule has 0 bridgehead atoms. The van der Waals surface area contributed by atoms with Gasteiger partial charge in [-0.25, -0.2) is 0 Å². The third-order valence-electron chi connectivity index (χ3n) is 4.83. The number of H-pyrrole nitrogens is 4. The zero-order valence-electron chi connectivity index (χ0n) is 15.2. The summed E-state index contributed by atoms with van der Waals surface area (Å²) in [5, 5.41) is 20.1. The molecule has 0 saturated heterocycles. The van der Waals surface area contributed by atoms with Gasteiger partial charge in [-0.05, 0) is 38.1 Å². The predicted molar refractivity (Wildman–Crippen MR) is 102 cm³/mol. The first-order valence-electron chi connectivity index (χ1n) is 8.64. The number of nitrogens with one attached hydrogen (secondary N) is 4. The minimum Gasteiger partial charge on any atom is -0.460 e. The SMILES string of the molecule is Cc1[nH][nH]c(=O)c1C(c1ccc(-c2ccccc2C#N)o1)c1c(C)[nH][nH]c1=O. The summed E-state index contributed by atoms with van der Waals surface area (Å²) in [6.45, 7) is 3.51. The fraction of sp³-hybridized carbons (Fsp3) is 0.150. The Morgan fingerprint density at radius 1 is 0.893 bits per heavy atom. The third-order valence-corrected chi connectivity index (χ3v) is 4.83. The van der Waals surface area contributed by atoms with Crippen molar-refractivity contribution in [2.45, 2.75) is 19.8 Å². The Kier molecular flexibility index (Phi) is 4.12. The number of aryl methyl sites for hydroxylation is 2.